The molecular formula is C19H22NO6-. The van der Waals surface area contributed by atoms with Gasteiger partial charge in [-0.05, 0) is 56.4 Å². The van der Waals surface area contributed by atoms with Gasteiger partial charge in [0.1, 0.15) is 11.3 Å². The van der Waals surface area contributed by atoms with Crippen LogP contribution in [0.3, 0.4) is 0 Å². The van der Waals surface area contributed by atoms with Gasteiger partial charge in [-0.3, -0.25) is 4.79 Å². The SMILES string of the molecule is Cc1cc(O)c2c(C)c(CC(=O)NCCCCCC(=O)[O-])c(=O)oc2c1. The van der Waals surface area contributed by atoms with Gasteiger partial charge >= 0.3 is 5.63 Å². The Labute approximate surface area is 150 Å². The zero-order chi connectivity index (χ0) is 19.3. The molecule has 7 heteroatoms. The predicted octanol–water partition coefficient (Wildman–Crippen LogP) is 1.08. The van der Waals surface area contributed by atoms with E-state index in [4.69, 9.17) is 4.42 Å². The maximum atomic E-state index is 12.2. The Kier molecular flexibility index (Phi) is 6.38. The number of rotatable bonds is 8. The summed E-state index contributed by atoms with van der Waals surface area (Å²) in [7, 11) is 0. The number of unbranched alkanes of at least 4 members (excludes halogenated alkanes) is 2. The maximum absolute atomic E-state index is 12.2. The molecule has 2 N–H and O–H groups in total. The molecule has 1 aromatic carbocycles. The summed E-state index contributed by atoms with van der Waals surface area (Å²) < 4.78 is 5.26. The quantitative estimate of drug-likeness (QED) is 0.537. The molecule has 1 aromatic heterocycles. The minimum Gasteiger partial charge on any atom is -0.550 e. The molecule has 0 spiro atoms. The topological polar surface area (TPSA) is 120 Å². The number of amides is 1. The van der Waals surface area contributed by atoms with E-state index in [2.05, 4.69) is 5.32 Å². The highest BCUT2D eigenvalue weighted by atomic mass is 16.4. The predicted molar refractivity (Wildman–Crippen MR) is 93.8 cm³/mol. The number of carboxylic acid groups (broad SMARTS) is 1. The summed E-state index contributed by atoms with van der Waals surface area (Å²) in [5.41, 5.74) is 1.21. The molecule has 0 saturated heterocycles. The Morgan fingerprint density at radius 3 is 2.62 bits per heavy atom. The van der Waals surface area contributed by atoms with Gasteiger partial charge in [0.2, 0.25) is 5.91 Å². The number of hydrogen-bond acceptors (Lipinski definition) is 6. The average molecular weight is 360 g/mol. The molecule has 26 heavy (non-hydrogen) atoms. The number of fused-ring (bicyclic) bond motifs is 1. The van der Waals surface area contributed by atoms with Crippen molar-refractivity contribution in [3.8, 4) is 5.75 Å². The van der Waals surface area contributed by atoms with Crippen LogP contribution in [0.1, 0.15) is 42.4 Å². The van der Waals surface area contributed by atoms with Crippen LogP contribution in [0.2, 0.25) is 0 Å². The van der Waals surface area contributed by atoms with Crippen LogP contribution in [0, 0.1) is 13.8 Å². The maximum Gasteiger partial charge on any atom is 0.340 e. The van der Waals surface area contributed by atoms with Gasteiger partial charge < -0.3 is 24.7 Å². The molecule has 2 rings (SSSR count). The van der Waals surface area contributed by atoms with Crippen molar-refractivity contribution in [3.05, 3.63) is 39.2 Å². The van der Waals surface area contributed by atoms with Crippen LogP contribution < -0.4 is 16.0 Å². The third-order valence-electron chi connectivity index (χ3n) is 4.22. The van der Waals surface area contributed by atoms with Crippen LogP contribution in [0.25, 0.3) is 11.0 Å². The monoisotopic (exact) mass is 360 g/mol. The lowest BCUT2D eigenvalue weighted by Crippen LogP contribution is -2.28. The molecule has 0 atom stereocenters. The van der Waals surface area contributed by atoms with Gasteiger partial charge in [0, 0.05) is 12.5 Å². The van der Waals surface area contributed by atoms with Crippen molar-refractivity contribution in [1.29, 1.82) is 0 Å². The van der Waals surface area contributed by atoms with E-state index in [0.717, 1.165) is 5.56 Å². The number of aryl methyl sites for hydroxylation is 2. The number of phenols is 1. The summed E-state index contributed by atoms with van der Waals surface area (Å²) in [6.07, 6.45) is 1.68. The Hall–Kier alpha value is -2.83. The Balaban J connectivity index is 2.03. The summed E-state index contributed by atoms with van der Waals surface area (Å²) in [6.45, 7) is 3.86. The fraction of sp³-hybridized carbons (Fsp3) is 0.421. The first-order valence-corrected chi connectivity index (χ1v) is 8.52. The van der Waals surface area contributed by atoms with Crippen LogP contribution in [0.5, 0.6) is 5.75 Å². The molecule has 0 aliphatic carbocycles. The smallest absolute Gasteiger partial charge is 0.340 e. The van der Waals surface area contributed by atoms with Crippen molar-refractivity contribution >= 4 is 22.8 Å². The van der Waals surface area contributed by atoms with Crippen molar-refractivity contribution in [3.63, 3.8) is 0 Å². The second-order valence-electron chi connectivity index (χ2n) is 6.36. The highest BCUT2D eigenvalue weighted by molar-refractivity contribution is 5.89. The molecular weight excluding hydrogens is 338 g/mol. The van der Waals surface area contributed by atoms with E-state index in [1.54, 1.807) is 26.0 Å². The lowest BCUT2D eigenvalue weighted by Gasteiger charge is -2.10. The first-order valence-electron chi connectivity index (χ1n) is 8.52. The summed E-state index contributed by atoms with van der Waals surface area (Å²) in [5.74, 6) is -1.40. The lowest BCUT2D eigenvalue weighted by atomic mass is 10.0. The fourth-order valence-corrected chi connectivity index (χ4v) is 2.88. The number of aliphatic carboxylic acids is 1. The fourth-order valence-electron chi connectivity index (χ4n) is 2.88. The standard InChI is InChI=1S/C19H23NO6/c1-11-8-14(21)18-12(2)13(19(25)26-15(18)9-11)10-16(22)20-7-5-3-4-6-17(23)24/h8-9,21H,3-7,10H2,1-2H3,(H,20,22)(H,23,24)/p-1. The summed E-state index contributed by atoms with van der Waals surface area (Å²) >= 11 is 0. The van der Waals surface area contributed by atoms with E-state index in [1.807, 2.05) is 0 Å². The number of phenolic OH excluding ortho intramolecular Hbond substituents is 1. The number of nitrogens with one attached hydrogen (secondary N) is 1. The van der Waals surface area contributed by atoms with E-state index in [0.29, 0.717) is 42.3 Å². The molecule has 0 saturated carbocycles. The highest BCUT2D eigenvalue weighted by Crippen LogP contribution is 2.29. The Bertz CT molecular complexity index is 884. The van der Waals surface area contributed by atoms with Gasteiger partial charge in [0.15, 0.2) is 0 Å². The molecule has 0 aliphatic rings. The van der Waals surface area contributed by atoms with Gasteiger partial charge in [0.05, 0.1) is 17.4 Å². The first-order chi connectivity index (χ1) is 12.3. The number of aromatic hydroxyl groups is 1. The summed E-state index contributed by atoms with van der Waals surface area (Å²) in [5, 5.41) is 23.6. The Morgan fingerprint density at radius 1 is 1.19 bits per heavy atom. The van der Waals surface area contributed by atoms with Crippen molar-refractivity contribution in [2.75, 3.05) is 6.54 Å². The van der Waals surface area contributed by atoms with E-state index >= 15 is 0 Å². The van der Waals surface area contributed by atoms with Crippen LogP contribution in [-0.2, 0) is 16.0 Å². The number of hydrogen-bond donors (Lipinski definition) is 2. The van der Waals surface area contributed by atoms with E-state index in [1.165, 1.54) is 0 Å². The normalized spacial score (nSPS) is 10.8. The average Bonchev–Trinajstić information content (AvgIpc) is 2.53. The molecule has 2 aromatic rings. The van der Waals surface area contributed by atoms with E-state index in [9.17, 15) is 24.6 Å². The summed E-state index contributed by atoms with van der Waals surface area (Å²) in [6, 6.07) is 3.24. The molecule has 0 fully saturated rings. The highest BCUT2D eigenvalue weighted by Gasteiger charge is 2.17. The van der Waals surface area contributed by atoms with Crippen molar-refractivity contribution in [2.45, 2.75) is 46.0 Å². The van der Waals surface area contributed by atoms with Crippen molar-refractivity contribution < 1.29 is 24.2 Å². The van der Waals surface area contributed by atoms with Gasteiger partial charge in [-0.25, -0.2) is 4.79 Å². The van der Waals surface area contributed by atoms with Crippen molar-refractivity contribution in [1.82, 2.24) is 5.32 Å². The number of carbonyl (C=O) groups excluding carboxylic acids is 2. The summed E-state index contributed by atoms with van der Waals surface area (Å²) in [4.78, 5) is 34.6. The third-order valence-corrected chi connectivity index (χ3v) is 4.22. The second-order valence-corrected chi connectivity index (χ2v) is 6.36. The minimum atomic E-state index is -1.08. The van der Waals surface area contributed by atoms with Crippen LogP contribution in [0.4, 0.5) is 0 Å². The van der Waals surface area contributed by atoms with Gasteiger partial charge in [-0.15, -0.1) is 0 Å². The van der Waals surface area contributed by atoms with E-state index < -0.39 is 11.6 Å². The molecule has 0 bridgehead atoms. The van der Waals surface area contributed by atoms with Crippen LogP contribution in [-0.4, -0.2) is 23.5 Å². The zero-order valence-corrected chi connectivity index (χ0v) is 14.9. The molecule has 7 nitrogen and oxygen atoms in total. The van der Waals surface area contributed by atoms with Gasteiger partial charge in [0.25, 0.3) is 0 Å². The number of carboxylic acids is 1. The molecule has 140 valence electrons. The second kappa shape index (κ2) is 8.51. The molecule has 0 aliphatic heterocycles. The first kappa shape index (κ1) is 19.5. The molecule has 1 heterocycles. The molecule has 0 unspecified atom stereocenters. The number of benzene rings is 1. The minimum absolute atomic E-state index is 0.00818. The number of carbonyl (C=O) groups is 2. The third kappa shape index (κ3) is 4.84. The van der Waals surface area contributed by atoms with Crippen molar-refractivity contribution in [2.24, 2.45) is 0 Å². The van der Waals surface area contributed by atoms with Crippen LogP contribution >= 0.6 is 0 Å². The molecule has 1 amide bonds. The Morgan fingerprint density at radius 2 is 1.92 bits per heavy atom. The molecule has 0 radical (unpaired) electrons. The lowest BCUT2D eigenvalue weighted by molar-refractivity contribution is -0.305. The largest absolute Gasteiger partial charge is 0.550 e. The van der Waals surface area contributed by atoms with Gasteiger partial charge in [-0.1, -0.05) is 6.42 Å². The van der Waals surface area contributed by atoms with Crippen LogP contribution in [0.15, 0.2) is 21.3 Å². The van der Waals surface area contributed by atoms with Gasteiger partial charge in [-0.2, -0.15) is 0 Å². The zero-order valence-electron chi connectivity index (χ0n) is 14.9. The van der Waals surface area contributed by atoms with E-state index in [-0.39, 0.29) is 30.1 Å².